The van der Waals surface area contributed by atoms with E-state index >= 15 is 0 Å². The lowest BCUT2D eigenvalue weighted by Crippen LogP contribution is -2.30. The van der Waals surface area contributed by atoms with Gasteiger partial charge in [-0.25, -0.2) is 13.1 Å². The molecule has 0 unspecified atom stereocenters. The van der Waals surface area contributed by atoms with Gasteiger partial charge in [0.1, 0.15) is 5.76 Å². The summed E-state index contributed by atoms with van der Waals surface area (Å²) in [6, 6.07) is 8.49. The molecule has 2 aromatic rings. The molecule has 1 heterocycles. The van der Waals surface area contributed by atoms with Crippen LogP contribution in [0.15, 0.2) is 45.7 Å². The Morgan fingerprint density at radius 2 is 1.74 bits per heavy atom. The second-order valence-corrected chi connectivity index (χ2v) is 6.44. The van der Waals surface area contributed by atoms with E-state index in [1.165, 1.54) is 37.3 Å². The summed E-state index contributed by atoms with van der Waals surface area (Å²) in [5, 5.41) is 2.52. The fourth-order valence-electron chi connectivity index (χ4n) is 1.84. The summed E-state index contributed by atoms with van der Waals surface area (Å²) < 4.78 is 31.5. The Balaban J connectivity index is 2.14. The molecule has 122 valence electrons. The average molecular weight is 336 g/mol. The highest BCUT2D eigenvalue weighted by Gasteiger charge is 2.20. The Hall–Kier alpha value is -2.61. The quantitative estimate of drug-likeness (QED) is 0.868. The molecule has 1 aromatic carbocycles. The summed E-state index contributed by atoms with van der Waals surface area (Å²) in [5.74, 6) is -0.582. The van der Waals surface area contributed by atoms with E-state index in [2.05, 4.69) is 5.32 Å². The third-order valence-corrected chi connectivity index (χ3v) is 4.29. The molecule has 0 aliphatic carbocycles. The van der Waals surface area contributed by atoms with E-state index in [0.29, 0.717) is 17.9 Å². The van der Waals surface area contributed by atoms with Crippen LogP contribution in [0.25, 0.3) is 0 Å². The second kappa shape index (κ2) is 6.66. The van der Waals surface area contributed by atoms with Gasteiger partial charge in [0.05, 0.1) is 4.90 Å². The Labute approximate surface area is 133 Å². The predicted octanol–water partition coefficient (Wildman–Crippen LogP) is 1.92. The van der Waals surface area contributed by atoms with Crippen LogP contribution in [0.2, 0.25) is 0 Å². The third-order valence-electron chi connectivity index (χ3n) is 2.95. The molecule has 0 saturated carbocycles. The zero-order chi connectivity index (χ0) is 17.0. The fourth-order valence-corrected chi connectivity index (χ4v) is 2.80. The van der Waals surface area contributed by atoms with Crippen molar-refractivity contribution in [2.24, 2.45) is 0 Å². The Kier molecular flexibility index (Phi) is 4.85. The lowest BCUT2D eigenvalue weighted by molar-refractivity contribution is -0.114. The SMILES string of the molecule is CCc1ccc(C(=O)NS(=O)(=O)c2ccc(NC(C)=O)cc2)o1. The number of hydrogen-bond donors (Lipinski definition) is 2. The van der Waals surface area contributed by atoms with Gasteiger partial charge in [0, 0.05) is 19.0 Å². The molecule has 0 bridgehead atoms. The summed E-state index contributed by atoms with van der Waals surface area (Å²) in [5.41, 5.74) is 0.460. The van der Waals surface area contributed by atoms with Gasteiger partial charge in [-0.15, -0.1) is 0 Å². The first-order valence-electron chi connectivity index (χ1n) is 6.85. The number of furan rings is 1. The van der Waals surface area contributed by atoms with Gasteiger partial charge in [-0.05, 0) is 36.4 Å². The number of anilines is 1. The molecule has 2 rings (SSSR count). The average Bonchev–Trinajstić information content (AvgIpc) is 2.96. The third kappa shape index (κ3) is 4.19. The normalized spacial score (nSPS) is 11.0. The maximum atomic E-state index is 12.2. The monoisotopic (exact) mass is 336 g/mol. The molecule has 0 aliphatic heterocycles. The van der Waals surface area contributed by atoms with Gasteiger partial charge < -0.3 is 9.73 Å². The van der Waals surface area contributed by atoms with Crippen LogP contribution in [0.1, 0.15) is 30.2 Å². The standard InChI is InChI=1S/C15H16N2O5S/c1-3-12-6-9-14(22-12)15(19)17-23(20,21)13-7-4-11(5-8-13)16-10(2)18/h4-9H,3H2,1-2H3,(H,16,18)(H,17,19). The first-order chi connectivity index (χ1) is 10.8. The van der Waals surface area contributed by atoms with Gasteiger partial charge in [-0.2, -0.15) is 0 Å². The molecule has 2 N–H and O–H groups in total. The van der Waals surface area contributed by atoms with Gasteiger partial charge in [-0.3, -0.25) is 9.59 Å². The first-order valence-corrected chi connectivity index (χ1v) is 8.33. The predicted molar refractivity (Wildman–Crippen MR) is 83.5 cm³/mol. The number of amides is 2. The lowest BCUT2D eigenvalue weighted by atomic mass is 10.3. The number of sulfonamides is 1. The van der Waals surface area contributed by atoms with E-state index in [0.717, 1.165) is 0 Å². The van der Waals surface area contributed by atoms with Gasteiger partial charge in [-0.1, -0.05) is 6.92 Å². The van der Waals surface area contributed by atoms with Crippen molar-refractivity contribution in [2.45, 2.75) is 25.2 Å². The van der Waals surface area contributed by atoms with Crippen LogP contribution in [-0.4, -0.2) is 20.2 Å². The van der Waals surface area contributed by atoms with Crippen molar-refractivity contribution in [3.05, 3.63) is 47.9 Å². The molecule has 7 nitrogen and oxygen atoms in total. The van der Waals surface area contributed by atoms with Gasteiger partial charge in [0.15, 0.2) is 5.76 Å². The van der Waals surface area contributed by atoms with Crippen molar-refractivity contribution in [3.8, 4) is 0 Å². The lowest BCUT2D eigenvalue weighted by Gasteiger charge is -2.07. The summed E-state index contributed by atoms with van der Waals surface area (Å²) in [6.07, 6.45) is 0.602. The van der Waals surface area contributed by atoms with Crippen molar-refractivity contribution in [2.75, 3.05) is 5.32 Å². The van der Waals surface area contributed by atoms with E-state index in [4.69, 9.17) is 4.42 Å². The summed E-state index contributed by atoms with van der Waals surface area (Å²) in [7, 11) is -4.02. The van der Waals surface area contributed by atoms with Crippen LogP contribution in [0.5, 0.6) is 0 Å². The maximum absolute atomic E-state index is 12.2. The molecule has 2 amide bonds. The molecule has 0 aliphatic rings. The first kappa shape index (κ1) is 16.8. The summed E-state index contributed by atoms with van der Waals surface area (Å²) in [6.45, 7) is 3.20. The van der Waals surface area contributed by atoms with E-state index in [1.54, 1.807) is 6.07 Å². The van der Waals surface area contributed by atoms with Crippen LogP contribution in [0, 0.1) is 0 Å². The number of carbonyl (C=O) groups is 2. The highest BCUT2D eigenvalue weighted by molar-refractivity contribution is 7.90. The minimum Gasteiger partial charge on any atom is -0.456 e. The topological polar surface area (TPSA) is 105 Å². The molecule has 0 saturated heterocycles. The highest BCUT2D eigenvalue weighted by Crippen LogP contribution is 2.15. The molecule has 0 radical (unpaired) electrons. The number of rotatable bonds is 5. The summed E-state index contributed by atoms with van der Waals surface area (Å²) >= 11 is 0. The maximum Gasteiger partial charge on any atom is 0.300 e. The van der Waals surface area contributed by atoms with Gasteiger partial charge in [0.25, 0.3) is 10.0 Å². The number of nitrogens with one attached hydrogen (secondary N) is 2. The molecular formula is C15H16N2O5S. The molecule has 0 spiro atoms. The van der Waals surface area contributed by atoms with Gasteiger partial charge in [0.2, 0.25) is 5.91 Å². The van der Waals surface area contributed by atoms with Crippen molar-refractivity contribution in [1.82, 2.24) is 4.72 Å². The number of hydrogen-bond acceptors (Lipinski definition) is 5. The van der Waals surface area contributed by atoms with E-state index in [1.807, 2.05) is 11.6 Å². The van der Waals surface area contributed by atoms with Crippen molar-refractivity contribution < 1.29 is 22.4 Å². The summed E-state index contributed by atoms with van der Waals surface area (Å²) in [4.78, 5) is 22.8. The van der Waals surface area contributed by atoms with Crippen molar-refractivity contribution in [3.63, 3.8) is 0 Å². The van der Waals surface area contributed by atoms with Crippen LogP contribution < -0.4 is 10.0 Å². The van der Waals surface area contributed by atoms with E-state index in [-0.39, 0.29) is 16.6 Å². The molecule has 0 atom stereocenters. The van der Waals surface area contributed by atoms with Crippen molar-refractivity contribution >= 4 is 27.5 Å². The van der Waals surface area contributed by atoms with E-state index < -0.39 is 15.9 Å². The Morgan fingerprint density at radius 1 is 1.09 bits per heavy atom. The zero-order valence-corrected chi connectivity index (χ0v) is 13.4. The number of aryl methyl sites for hydroxylation is 1. The zero-order valence-electron chi connectivity index (χ0n) is 12.6. The van der Waals surface area contributed by atoms with E-state index in [9.17, 15) is 18.0 Å². The number of carbonyl (C=O) groups excluding carboxylic acids is 2. The van der Waals surface area contributed by atoms with Crippen molar-refractivity contribution in [1.29, 1.82) is 0 Å². The molecule has 0 fully saturated rings. The Morgan fingerprint density at radius 3 is 2.26 bits per heavy atom. The van der Waals surface area contributed by atoms with Crippen LogP contribution in [-0.2, 0) is 21.2 Å². The minimum absolute atomic E-state index is 0.0692. The van der Waals surface area contributed by atoms with Crippen LogP contribution in [0.4, 0.5) is 5.69 Å². The van der Waals surface area contributed by atoms with Gasteiger partial charge >= 0.3 is 5.91 Å². The molecule has 8 heteroatoms. The van der Waals surface area contributed by atoms with Crippen LogP contribution in [0.3, 0.4) is 0 Å². The Bertz CT molecular complexity index is 822. The largest absolute Gasteiger partial charge is 0.456 e. The highest BCUT2D eigenvalue weighted by atomic mass is 32.2. The minimum atomic E-state index is -4.02. The second-order valence-electron chi connectivity index (χ2n) is 4.76. The smallest absolute Gasteiger partial charge is 0.300 e. The molecular weight excluding hydrogens is 320 g/mol. The van der Waals surface area contributed by atoms with Crippen LogP contribution >= 0.6 is 0 Å². The molecule has 1 aromatic heterocycles. The molecule has 23 heavy (non-hydrogen) atoms. The number of benzene rings is 1. The fraction of sp³-hybridized carbons (Fsp3) is 0.200.